The predicted molar refractivity (Wildman–Crippen MR) is 75.2 cm³/mol. The van der Waals surface area contributed by atoms with Crippen molar-refractivity contribution < 1.29 is 4.74 Å². The minimum absolute atomic E-state index is 0.286. The van der Waals surface area contributed by atoms with Crippen molar-refractivity contribution in [3.63, 3.8) is 0 Å². The molecule has 1 saturated carbocycles. The molecule has 2 aliphatic heterocycles. The Morgan fingerprint density at radius 2 is 2.00 bits per heavy atom. The highest BCUT2D eigenvalue weighted by atomic mass is 35.5. The van der Waals surface area contributed by atoms with E-state index in [0.717, 1.165) is 13.1 Å². The monoisotopic (exact) mass is 271 g/mol. The summed E-state index contributed by atoms with van der Waals surface area (Å²) in [5.74, 6) is 0.675. The second-order valence-corrected chi connectivity index (χ2v) is 7.27. The minimum atomic E-state index is 0.286. The Balaban J connectivity index is 1.49. The summed E-state index contributed by atoms with van der Waals surface area (Å²) in [5, 5.41) is 0.334. The zero-order valence-corrected chi connectivity index (χ0v) is 12.3. The first-order valence-corrected chi connectivity index (χ1v) is 8.15. The van der Waals surface area contributed by atoms with Gasteiger partial charge in [-0.05, 0) is 44.6 Å². The van der Waals surface area contributed by atoms with Crippen LogP contribution in [0.3, 0.4) is 0 Å². The third-order valence-electron chi connectivity index (χ3n) is 5.27. The Hall–Kier alpha value is 0.210. The number of hydrogen-bond donors (Lipinski definition) is 0. The lowest BCUT2D eigenvalue weighted by atomic mass is 9.97. The van der Waals surface area contributed by atoms with Gasteiger partial charge in [-0.25, -0.2) is 0 Å². The maximum atomic E-state index is 6.39. The first kappa shape index (κ1) is 13.2. The average Bonchev–Trinajstić information content (AvgIpc) is 2.96. The number of ether oxygens (including phenoxy) is 1. The van der Waals surface area contributed by atoms with Gasteiger partial charge in [-0.2, -0.15) is 0 Å². The second-order valence-electron chi connectivity index (χ2n) is 6.71. The van der Waals surface area contributed by atoms with Gasteiger partial charge in [0.05, 0.1) is 11.7 Å². The van der Waals surface area contributed by atoms with Gasteiger partial charge in [-0.1, -0.05) is 19.8 Å². The summed E-state index contributed by atoms with van der Waals surface area (Å²) < 4.78 is 6.39. The third kappa shape index (κ3) is 2.71. The molecular formula is C15H26ClNO. The minimum Gasteiger partial charge on any atom is -0.370 e. The molecule has 3 unspecified atom stereocenters. The number of hydrogen-bond acceptors (Lipinski definition) is 2. The molecule has 0 N–H and O–H groups in total. The molecule has 0 amide bonds. The molecule has 2 nitrogen and oxygen atoms in total. The SMILES string of the molecule is CC1CCN(CC2CCC3(CCCC3)O2)CC1Cl. The fourth-order valence-corrected chi connectivity index (χ4v) is 4.27. The Morgan fingerprint density at radius 3 is 2.72 bits per heavy atom. The van der Waals surface area contributed by atoms with Gasteiger partial charge in [0.15, 0.2) is 0 Å². The van der Waals surface area contributed by atoms with Crippen molar-refractivity contribution in [3.8, 4) is 0 Å². The van der Waals surface area contributed by atoms with Crippen molar-refractivity contribution in [1.29, 1.82) is 0 Å². The Kier molecular flexibility index (Phi) is 3.89. The van der Waals surface area contributed by atoms with Gasteiger partial charge in [0, 0.05) is 18.5 Å². The van der Waals surface area contributed by atoms with Crippen molar-refractivity contribution in [2.75, 3.05) is 19.6 Å². The summed E-state index contributed by atoms with van der Waals surface area (Å²) in [6.07, 6.45) is 9.63. The molecule has 3 heteroatoms. The lowest BCUT2D eigenvalue weighted by Gasteiger charge is -2.35. The maximum Gasteiger partial charge on any atom is 0.0710 e. The highest BCUT2D eigenvalue weighted by Crippen LogP contribution is 2.43. The molecule has 0 radical (unpaired) electrons. The predicted octanol–water partition coefficient (Wildman–Crippen LogP) is 3.43. The fraction of sp³-hybridized carbons (Fsp3) is 1.00. The summed E-state index contributed by atoms with van der Waals surface area (Å²) in [5.41, 5.74) is 0.286. The third-order valence-corrected chi connectivity index (χ3v) is 5.83. The molecule has 3 fully saturated rings. The van der Waals surface area contributed by atoms with E-state index in [9.17, 15) is 0 Å². The molecule has 1 aliphatic carbocycles. The van der Waals surface area contributed by atoms with Crippen LogP contribution in [0, 0.1) is 5.92 Å². The zero-order valence-electron chi connectivity index (χ0n) is 11.5. The molecule has 2 saturated heterocycles. The number of piperidine rings is 1. The smallest absolute Gasteiger partial charge is 0.0710 e. The van der Waals surface area contributed by atoms with Crippen molar-refractivity contribution in [2.24, 2.45) is 5.92 Å². The quantitative estimate of drug-likeness (QED) is 0.714. The summed E-state index contributed by atoms with van der Waals surface area (Å²) in [6, 6.07) is 0. The van der Waals surface area contributed by atoms with Crippen LogP contribution in [0.15, 0.2) is 0 Å². The van der Waals surface area contributed by atoms with Gasteiger partial charge in [0.1, 0.15) is 0 Å². The van der Waals surface area contributed by atoms with Crippen molar-refractivity contribution in [1.82, 2.24) is 4.90 Å². The number of halogens is 1. The van der Waals surface area contributed by atoms with E-state index >= 15 is 0 Å². The van der Waals surface area contributed by atoms with Crippen LogP contribution in [-0.4, -0.2) is 41.6 Å². The Bertz CT molecular complexity index is 290. The van der Waals surface area contributed by atoms with Crippen molar-refractivity contribution >= 4 is 11.6 Å². The lowest BCUT2D eigenvalue weighted by Crippen LogP contribution is -2.44. The molecule has 1 spiro atoms. The van der Waals surface area contributed by atoms with E-state index in [1.807, 2.05) is 0 Å². The van der Waals surface area contributed by atoms with Crippen molar-refractivity contribution in [2.45, 2.75) is 69.0 Å². The number of rotatable bonds is 2. The van der Waals surface area contributed by atoms with Gasteiger partial charge in [-0.3, -0.25) is 4.90 Å². The molecule has 0 aromatic rings. The van der Waals surface area contributed by atoms with Gasteiger partial charge in [0.25, 0.3) is 0 Å². The molecule has 0 bridgehead atoms. The second kappa shape index (κ2) is 5.30. The summed E-state index contributed by atoms with van der Waals surface area (Å²) >= 11 is 6.39. The van der Waals surface area contributed by atoms with Gasteiger partial charge in [-0.15, -0.1) is 11.6 Å². The van der Waals surface area contributed by atoms with Gasteiger partial charge < -0.3 is 4.74 Å². The standard InChI is InChI=1S/C15H26ClNO/c1-12-5-9-17(11-14(12)16)10-13-4-8-15(18-13)6-2-3-7-15/h12-14H,2-11H2,1H3. The molecule has 0 aromatic heterocycles. The molecule has 3 rings (SSSR count). The van der Waals surface area contributed by atoms with Crippen LogP contribution in [0.25, 0.3) is 0 Å². The fourth-order valence-electron chi connectivity index (χ4n) is 3.95. The summed E-state index contributed by atoms with van der Waals surface area (Å²) in [4.78, 5) is 2.52. The molecule has 3 atom stereocenters. The van der Waals surface area contributed by atoms with Crippen LogP contribution in [-0.2, 0) is 4.74 Å². The van der Waals surface area contributed by atoms with Gasteiger partial charge in [0.2, 0.25) is 0 Å². The van der Waals surface area contributed by atoms with Crippen molar-refractivity contribution in [3.05, 3.63) is 0 Å². The lowest BCUT2D eigenvalue weighted by molar-refractivity contribution is -0.0494. The molecule has 0 aromatic carbocycles. The maximum absolute atomic E-state index is 6.39. The number of nitrogens with zero attached hydrogens (tertiary/aromatic N) is 1. The van der Waals surface area contributed by atoms with Crippen LogP contribution in [0.2, 0.25) is 0 Å². The van der Waals surface area contributed by atoms with Crippen LogP contribution in [0.5, 0.6) is 0 Å². The molecule has 104 valence electrons. The first-order chi connectivity index (χ1) is 8.67. The Labute approximate surface area is 116 Å². The van der Waals surface area contributed by atoms with Crippen LogP contribution in [0.1, 0.15) is 51.9 Å². The van der Waals surface area contributed by atoms with Crippen LogP contribution in [0.4, 0.5) is 0 Å². The van der Waals surface area contributed by atoms with E-state index in [1.54, 1.807) is 0 Å². The van der Waals surface area contributed by atoms with E-state index in [2.05, 4.69) is 11.8 Å². The largest absolute Gasteiger partial charge is 0.370 e. The van der Waals surface area contributed by atoms with Crippen LogP contribution >= 0.6 is 11.6 Å². The molecular weight excluding hydrogens is 246 g/mol. The molecule has 2 heterocycles. The molecule has 18 heavy (non-hydrogen) atoms. The van der Waals surface area contributed by atoms with E-state index in [1.165, 1.54) is 51.5 Å². The highest BCUT2D eigenvalue weighted by Gasteiger charge is 2.42. The number of likely N-dealkylation sites (tertiary alicyclic amines) is 1. The summed E-state index contributed by atoms with van der Waals surface area (Å²) in [7, 11) is 0. The van der Waals surface area contributed by atoms with E-state index in [4.69, 9.17) is 16.3 Å². The Morgan fingerprint density at radius 1 is 1.22 bits per heavy atom. The van der Waals surface area contributed by atoms with Crippen LogP contribution < -0.4 is 0 Å². The van der Waals surface area contributed by atoms with E-state index in [-0.39, 0.29) is 5.60 Å². The first-order valence-electron chi connectivity index (χ1n) is 7.71. The normalized spacial score (nSPS) is 40.7. The molecule has 3 aliphatic rings. The summed E-state index contributed by atoms with van der Waals surface area (Å²) in [6.45, 7) is 5.64. The topological polar surface area (TPSA) is 12.5 Å². The average molecular weight is 272 g/mol. The number of alkyl halides is 1. The van der Waals surface area contributed by atoms with E-state index < -0.39 is 0 Å². The van der Waals surface area contributed by atoms with Gasteiger partial charge >= 0.3 is 0 Å². The highest BCUT2D eigenvalue weighted by molar-refractivity contribution is 6.21. The van der Waals surface area contributed by atoms with E-state index in [0.29, 0.717) is 17.4 Å². The zero-order chi connectivity index (χ0) is 12.6.